The molecule has 60 valence electrons. The van der Waals surface area contributed by atoms with Gasteiger partial charge in [0.05, 0.1) is 6.67 Å². The highest BCUT2D eigenvalue weighted by atomic mass is 32.2. The molecule has 0 spiro atoms. The minimum absolute atomic E-state index is 0.430. The molecular formula is C3H9N3O3S. The van der Waals surface area contributed by atoms with Gasteiger partial charge in [0.2, 0.25) is 0 Å². The van der Waals surface area contributed by atoms with Crippen LogP contribution in [0.5, 0.6) is 0 Å². The van der Waals surface area contributed by atoms with Gasteiger partial charge < -0.3 is 5.32 Å². The van der Waals surface area contributed by atoms with E-state index in [1.165, 1.54) is 5.01 Å². The molecule has 0 unspecified atom stereocenters. The topological polar surface area (TPSA) is 81.7 Å². The van der Waals surface area contributed by atoms with Crippen LogP contribution in [0.25, 0.3) is 0 Å². The van der Waals surface area contributed by atoms with Gasteiger partial charge in [-0.15, -0.1) is 4.83 Å². The third-order valence-corrected chi connectivity index (χ3v) is 1.59. The predicted molar refractivity (Wildman–Crippen MR) is 34.3 cm³/mol. The summed E-state index contributed by atoms with van der Waals surface area (Å²) >= 11 is 0. The van der Waals surface area contributed by atoms with Gasteiger partial charge in [0.25, 0.3) is 0 Å². The van der Waals surface area contributed by atoms with E-state index in [9.17, 15) is 8.42 Å². The Morgan fingerprint density at radius 1 is 1.60 bits per heavy atom. The summed E-state index contributed by atoms with van der Waals surface area (Å²) in [5.74, 6) is 0. The number of hydrazine groups is 1. The summed E-state index contributed by atoms with van der Waals surface area (Å²) in [6.45, 7) is 1.72. The zero-order chi connectivity index (χ0) is 7.61. The second-order valence-electron chi connectivity index (χ2n) is 1.99. The second-order valence-corrected chi connectivity index (χ2v) is 3.12. The van der Waals surface area contributed by atoms with Crippen LogP contribution in [0.15, 0.2) is 0 Å². The lowest BCUT2D eigenvalue weighted by Gasteiger charge is -2.11. The van der Waals surface area contributed by atoms with Crippen LogP contribution in [0.3, 0.4) is 0 Å². The molecule has 6 nitrogen and oxygen atoms in total. The van der Waals surface area contributed by atoms with E-state index in [0.717, 1.165) is 6.54 Å². The Hall–Kier alpha value is -0.210. The molecule has 0 aromatic heterocycles. The largest absolute Gasteiger partial charge is 0.346 e. The van der Waals surface area contributed by atoms with E-state index in [1.54, 1.807) is 0 Å². The first-order valence-electron chi connectivity index (χ1n) is 2.78. The van der Waals surface area contributed by atoms with Crippen LogP contribution in [-0.4, -0.2) is 37.7 Å². The first-order valence-corrected chi connectivity index (χ1v) is 4.22. The zero-order valence-corrected chi connectivity index (χ0v) is 6.06. The lowest BCUT2D eigenvalue weighted by Crippen LogP contribution is -2.40. The number of hydrogen-bond donors (Lipinski definition) is 3. The van der Waals surface area contributed by atoms with Gasteiger partial charge in [0.1, 0.15) is 0 Å². The van der Waals surface area contributed by atoms with E-state index in [2.05, 4.69) is 5.32 Å². The van der Waals surface area contributed by atoms with Crippen LogP contribution in [0.4, 0.5) is 0 Å². The van der Waals surface area contributed by atoms with Gasteiger partial charge in [0.15, 0.2) is 0 Å². The fraction of sp³-hybridized carbons (Fsp3) is 1.00. The summed E-state index contributed by atoms with van der Waals surface area (Å²) in [4.78, 5) is 1.92. The first kappa shape index (κ1) is 7.89. The van der Waals surface area contributed by atoms with Crippen molar-refractivity contribution in [2.45, 2.75) is 0 Å². The van der Waals surface area contributed by atoms with Gasteiger partial charge in [-0.05, 0) is 0 Å². The summed E-state index contributed by atoms with van der Waals surface area (Å²) in [6, 6.07) is 0. The molecule has 0 saturated carbocycles. The first-order chi connectivity index (χ1) is 4.58. The highest BCUT2D eigenvalue weighted by Gasteiger charge is 2.14. The molecule has 0 radical (unpaired) electrons. The fourth-order valence-corrected chi connectivity index (χ4v) is 1.23. The molecule has 0 atom stereocenters. The number of nitrogens with zero attached hydrogens (tertiary/aromatic N) is 1. The van der Waals surface area contributed by atoms with Crippen molar-refractivity contribution in [2.24, 2.45) is 0 Å². The molecule has 7 heteroatoms. The van der Waals surface area contributed by atoms with Crippen LogP contribution in [0.1, 0.15) is 0 Å². The molecule has 1 aliphatic heterocycles. The molecule has 0 aliphatic carbocycles. The van der Waals surface area contributed by atoms with Crippen LogP contribution in [0.2, 0.25) is 0 Å². The van der Waals surface area contributed by atoms with E-state index < -0.39 is 10.3 Å². The van der Waals surface area contributed by atoms with Crippen LogP contribution in [-0.2, 0) is 10.3 Å². The Labute approximate surface area is 59.1 Å². The lowest BCUT2D eigenvalue weighted by molar-refractivity contribution is 0.280. The number of nitrogens with one attached hydrogen (secondary N) is 2. The SMILES string of the molecule is O=S(=O)(O)NN1CCNC1. The molecule has 1 saturated heterocycles. The summed E-state index contributed by atoms with van der Waals surface area (Å²) in [5, 5.41) is 4.25. The monoisotopic (exact) mass is 167 g/mol. The highest BCUT2D eigenvalue weighted by Crippen LogP contribution is 1.87. The van der Waals surface area contributed by atoms with E-state index >= 15 is 0 Å². The average Bonchev–Trinajstić information content (AvgIpc) is 2.12. The zero-order valence-electron chi connectivity index (χ0n) is 5.24. The third-order valence-electron chi connectivity index (χ3n) is 1.11. The Bertz CT molecular complexity index is 195. The maximum atomic E-state index is 10.2. The summed E-state index contributed by atoms with van der Waals surface area (Å²) < 4.78 is 28.6. The number of hydrogen-bond acceptors (Lipinski definition) is 4. The Balaban J connectivity index is 2.38. The van der Waals surface area contributed by atoms with Crippen molar-refractivity contribution in [1.29, 1.82) is 0 Å². The van der Waals surface area contributed by atoms with Gasteiger partial charge in [-0.25, -0.2) is 5.01 Å². The van der Waals surface area contributed by atoms with Gasteiger partial charge >= 0.3 is 10.3 Å². The summed E-state index contributed by atoms with van der Waals surface area (Å²) in [6.07, 6.45) is 0. The quantitative estimate of drug-likeness (QED) is 0.421. The Kier molecular flexibility index (Phi) is 2.21. The molecule has 0 bridgehead atoms. The minimum Gasteiger partial charge on any atom is -0.302 e. The molecule has 1 heterocycles. The summed E-state index contributed by atoms with van der Waals surface area (Å²) in [7, 11) is -4.07. The molecule has 0 amide bonds. The normalized spacial score (nSPS) is 21.7. The molecule has 1 fully saturated rings. The van der Waals surface area contributed by atoms with Crippen LogP contribution < -0.4 is 10.1 Å². The molecule has 0 aromatic rings. The molecule has 0 aromatic carbocycles. The van der Waals surface area contributed by atoms with Gasteiger partial charge in [-0.2, -0.15) is 8.42 Å². The maximum Gasteiger partial charge on any atom is 0.346 e. The van der Waals surface area contributed by atoms with Gasteiger partial charge in [0, 0.05) is 13.1 Å². The molecular weight excluding hydrogens is 158 g/mol. The smallest absolute Gasteiger partial charge is 0.302 e. The summed E-state index contributed by atoms with van der Waals surface area (Å²) in [5.41, 5.74) is 0. The van der Waals surface area contributed by atoms with Gasteiger partial charge in [-0.1, -0.05) is 0 Å². The van der Waals surface area contributed by atoms with Gasteiger partial charge in [-0.3, -0.25) is 4.55 Å². The van der Waals surface area contributed by atoms with Crippen molar-refractivity contribution in [2.75, 3.05) is 19.8 Å². The van der Waals surface area contributed by atoms with E-state index in [0.29, 0.717) is 13.2 Å². The minimum atomic E-state index is -4.07. The van der Waals surface area contributed by atoms with E-state index in [1.807, 2.05) is 4.83 Å². The Morgan fingerprint density at radius 3 is 2.70 bits per heavy atom. The maximum absolute atomic E-state index is 10.2. The van der Waals surface area contributed by atoms with Crippen molar-refractivity contribution in [3.63, 3.8) is 0 Å². The Morgan fingerprint density at radius 2 is 2.30 bits per heavy atom. The van der Waals surface area contributed by atoms with Crippen molar-refractivity contribution in [3.8, 4) is 0 Å². The van der Waals surface area contributed by atoms with Crippen molar-refractivity contribution in [3.05, 3.63) is 0 Å². The third kappa shape index (κ3) is 2.58. The van der Waals surface area contributed by atoms with Crippen LogP contribution >= 0.6 is 0 Å². The van der Waals surface area contributed by atoms with Crippen LogP contribution in [0, 0.1) is 0 Å². The average molecular weight is 167 g/mol. The lowest BCUT2D eigenvalue weighted by atomic mass is 10.7. The predicted octanol–water partition coefficient (Wildman–Crippen LogP) is -1.84. The molecule has 1 rings (SSSR count). The van der Waals surface area contributed by atoms with E-state index in [-0.39, 0.29) is 0 Å². The van der Waals surface area contributed by atoms with E-state index in [4.69, 9.17) is 4.55 Å². The number of rotatable bonds is 2. The van der Waals surface area contributed by atoms with Crippen molar-refractivity contribution >= 4 is 10.3 Å². The van der Waals surface area contributed by atoms with Crippen molar-refractivity contribution < 1.29 is 13.0 Å². The van der Waals surface area contributed by atoms with Crippen molar-refractivity contribution in [1.82, 2.24) is 15.2 Å². The highest BCUT2D eigenvalue weighted by molar-refractivity contribution is 7.83. The molecule has 3 N–H and O–H groups in total. The standard InChI is InChI=1S/C3H9N3O3S/c7-10(8,9)5-6-2-1-4-3-6/h4-5H,1-3H2,(H,7,8,9). The fourth-order valence-electron chi connectivity index (χ4n) is 0.748. The molecule has 10 heavy (non-hydrogen) atoms. The second kappa shape index (κ2) is 2.81. The molecule has 1 aliphatic rings.